The van der Waals surface area contributed by atoms with Gasteiger partial charge in [0, 0.05) is 12.4 Å². The van der Waals surface area contributed by atoms with E-state index in [4.69, 9.17) is 22.1 Å². The Morgan fingerprint density at radius 2 is 2.24 bits per heavy atom. The first-order chi connectivity index (χ1) is 11.9. The van der Waals surface area contributed by atoms with Gasteiger partial charge in [0.05, 0.1) is 19.0 Å². The first-order valence-corrected chi connectivity index (χ1v) is 10.1. The fourth-order valence-electron chi connectivity index (χ4n) is 2.78. The second-order valence-electron chi connectivity index (χ2n) is 5.85. The van der Waals surface area contributed by atoms with E-state index in [-0.39, 0.29) is 12.1 Å². The van der Waals surface area contributed by atoms with Crippen molar-refractivity contribution in [2.45, 2.75) is 37.8 Å². The topological polar surface area (TPSA) is 148 Å². The average Bonchev–Trinajstić information content (AvgIpc) is 3.15. The molecule has 0 radical (unpaired) electrons. The van der Waals surface area contributed by atoms with Crippen molar-refractivity contribution in [3.05, 3.63) is 6.33 Å². The average molecular weight is 391 g/mol. The largest absolute Gasteiger partial charge is 0.368 e. The number of nitrogens with zero attached hydrogens (tertiary/aromatic N) is 4. The molecular formula is C13H20ClN6O4P. The minimum Gasteiger partial charge on any atom is -0.368 e. The van der Waals surface area contributed by atoms with Crippen LogP contribution in [0.4, 0.5) is 11.8 Å². The van der Waals surface area contributed by atoms with E-state index in [0.717, 1.165) is 6.42 Å². The highest BCUT2D eigenvalue weighted by Crippen LogP contribution is 2.48. The number of imidazole rings is 1. The Labute approximate surface area is 148 Å². The maximum atomic E-state index is 11.3. The Morgan fingerprint density at radius 3 is 2.92 bits per heavy atom. The van der Waals surface area contributed by atoms with Crippen LogP contribution >= 0.6 is 19.2 Å². The standard InChI is InChI=1S/C13H20ClN6O4P/c14-4-1-5-16-11-10-12(19-13(15)18-11)20(7-17-10)6-8-2-3-9(24-8)25(21,22)23/h7-9H,1-6H2,(H2,21,22,23)(H3,15,16,18,19)/t8-,9+/m0/s1. The molecule has 1 aliphatic rings. The van der Waals surface area contributed by atoms with Gasteiger partial charge in [0.1, 0.15) is 0 Å². The molecular weight excluding hydrogens is 371 g/mol. The third-order valence-corrected chi connectivity index (χ3v) is 5.34. The number of rotatable bonds is 7. The second kappa shape index (κ2) is 7.43. The summed E-state index contributed by atoms with van der Waals surface area (Å²) in [5.74, 6) is 0.139. The molecule has 1 aliphatic heterocycles. The van der Waals surface area contributed by atoms with Crippen LogP contribution in [0, 0.1) is 0 Å². The number of nitrogen functional groups attached to an aromatic ring is 1. The fourth-order valence-corrected chi connectivity index (χ4v) is 3.73. The minimum absolute atomic E-state index is 0.114. The lowest BCUT2D eigenvalue weighted by Crippen LogP contribution is -2.17. The van der Waals surface area contributed by atoms with Crippen LogP contribution in [0.2, 0.25) is 0 Å². The SMILES string of the molecule is Nc1nc(NCCCCl)c2ncn(C[C@@H]3CC[C@@H](P(=O)(O)O)O3)c2n1. The van der Waals surface area contributed by atoms with Crippen LogP contribution in [0.25, 0.3) is 11.2 Å². The van der Waals surface area contributed by atoms with E-state index < -0.39 is 13.4 Å². The molecule has 2 aromatic rings. The number of hydrogen-bond donors (Lipinski definition) is 4. The Balaban J connectivity index is 1.78. The van der Waals surface area contributed by atoms with Crippen molar-refractivity contribution in [2.75, 3.05) is 23.5 Å². The summed E-state index contributed by atoms with van der Waals surface area (Å²) in [6.07, 6.45) is 2.92. The highest BCUT2D eigenvalue weighted by Gasteiger charge is 2.37. The van der Waals surface area contributed by atoms with E-state index in [1.807, 2.05) is 0 Å². The lowest BCUT2D eigenvalue weighted by atomic mass is 10.2. The lowest BCUT2D eigenvalue weighted by molar-refractivity contribution is 0.0621. The zero-order valence-electron chi connectivity index (χ0n) is 13.4. The lowest BCUT2D eigenvalue weighted by Gasteiger charge is -2.15. The quantitative estimate of drug-likeness (QED) is 0.310. The number of aromatic nitrogens is 4. The molecule has 3 heterocycles. The van der Waals surface area contributed by atoms with Crippen molar-refractivity contribution < 1.29 is 19.1 Å². The molecule has 0 aliphatic carbocycles. The summed E-state index contributed by atoms with van der Waals surface area (Å²) in [4.78, 5) is 31.2. The van der Waals surface area contributed by atoms with Crippen molar-refractivity contribution in [2.24, 2.45) is 0 Å². The zero-order valence-corrected chi connectivity index (χ0v) is 15.0. The highest BCUT2D eigenvalue weighted by atomic mass is 35.5. The van der Waals surface area contributed by atoms with Gasteiger partial charge in [-0.25, -0.2) is 4.98 Å². The Hall–Kier alpha value is -1.45. The van der Waals surface area contributed by atoms with E-state index in [0.29, 0.717) is 48.8 Å². The van der Waals surface area contributed by atoms with Crippen LogP contribution in [0.3, 0.4) is 0 Å². The van der Waals surface area contributed by atoms with E-state index in [2.05, 4.69) is 20.3 Å². The van der Waals surface area contributed by atoms with E-state index in [1.54, 1.807) is 10.9 Å². The molecule has 5 N–H and O–H groups in total. The molecule has 25 heavy (non-hydrogen) atoms. The molecule has 0 aromatic carbocycles. The van der Waals surface area contributed by atoms with Crippen LogP contribution in [0.1, 0.15) is 19.3 Å². The minimum atomic E-state index is -4.23. The van der Waals surface area contributed by atoms with Crippen molar-refractivity contribution in [1.29, 1.82) is 0 Å². The van der Waals surface area contributed by atoms with Gasteiger partial charge in [-0.3, -0.25) is 4.57 Å². The Morgan fingerprint density at radius 1 is 1.44 bits per heavy atom. The Bertz CT molecular complexity index is 796. The van der Waals surface area contributed by atoms with Crippen LogP contribution in [0.15, 0.2) is 6.33 Å². The first kappa shape index (κ1) is 18.3. The molecule has 0 bridgehead atoms. The molecule has 1 fully saturated rings. The molecule has 0 saturated carbocycles. The van der Waals surface area contributed by atoms with Crippen LogP contribution in [-0.4, -0.2) is 53.7 Å². The monoisotopic (exact) mass is 390 g/mol. The van der Waals surface area contributed by atoms with E-state index >= 15 is 0 Å². The van der Waals surface area contributed by atoms with Crippen molar-refractivity contribution >= 4 is 42.1 Å². The maximum Gasteiger partial charge on any atom is 0.354 e. The van der Waals surface area contributed by atoms with E-state index in [9.17, 15) is 14.4 Å². The molecule has 2 atom stereocenters. The summed E-state index contributed by atoms with van der Waals surface area (Å²) >= 11 is 5.67. The molecule has 2 aromatic heterocycles. The molecule has 3 rings (SSSR count). The van der Waals surface area contributed by atoms with Gasteiger partial charge in [0.25, 0.3) is 0 Å². The highest BCUT2D eigenvalue weighted by molar-refractivity contribution is 7.52. The molecule has 138 valence electrons. The number of alkyl halides is 1. The van der Waals surface area contributed by atoms with Crippen LogP contribution < -0.4 is 11.1 Å². The van der Waals surface area contributed by atoms with Crippen LogP contribution in [0.5, 0.6) is 0 Å². The predicted octanol–water partition coefficient (Wildman–Crippen LogP) is 1.13. The molecule has 0 spiro atoms. The predicted molar refractivity (Wildman–Crippen MR) is 93.5 cm³/mol. The number of halogens is 1. The maximum absolute atomic E-state index is 11.3. The van der Waals surface area contributed by atoms with Gasteiger partial charge < -0.3 is 30.1 Å². The van der Waals surface area contributed by atoms with E-state index in [1.165, 1.54) is 0 Å². The van der Waals surface area contributed by atoms with Crippen molar-refractivity contribution in [1.82, 2.24) is 19.5 Å². The number of fused-ring (bicyclic) bond motifs is 1. The summed E-state index contributed by atoms with van der Waals surface area (Å²) in [5.41, 5.74) is 6.90. The third-order valence-electron chi connectivity index (χ3n) is 3.94. The van der Waals surface area contributed by atoms with Gasteiger partial charge >= 0.3 is 7.60 Å². The van der Waals surface area contributed by atoms with Gasteiger partial charge in [-0.05, 0) is 19.3 Å². The summed E-state index contributed by atoms with van der Waals surface area (Å²) in [5, 5.41) is 3.14. The third kappa shape index (κ3) is 4.21. The zero-order chi connectivity index (χ0) is 18.0. The van der Waals surface area contributed by atoms with Gasteiger partial charge in [0.15, 0.2) is 22.8 Å². The summed E-state index contributed by atoms with van der Waals surface area (Å²) in [6.45, 7) is 1.02. The summed E-state index contributed by atoms with van der Waals surface area (Å²) in [6, 6.07) is 0. The molecule has 0 amide bonds. The number of anilines is 2. The number of ether oxygens (including phenoxy) is 1. The van der Waals surface area contributed by atoms with Gasteiger partial charge in [-0.2, -0.15) is 9.97 Å². The summed E-state index contributed by atoms with van der Waals surface area (Å²) in [7, 11) is -4.23. The van der Waals surface area contributed by atoms with Gasteiger partial charge in [0.2, 0.25) is 5.95 Å². The fraction of sp³-hybridized carbons (Fsp3) is 0.615. The summed E-state index contributed by atoms with van der Waals surface area (Å²) < 4.78 is 18.5. The number of nitrogens with two attached hydrogens (primary N) is 1. The normalized spacial score (nSPS) is 21.1. The number of hydrogen-bond acceptors (Lipinski definition) is 7. The van der Waals surface area contributed by atoms with Crippen molar-refractivity contribution in [3.8, 4) is 0 Å². The van der Waals surface area contributed by atoms with Crippen molar-refractivity contribution in [3.63, 3.8) is 0 Å². The van der Waals surface area contributed by atoms with Gasteiger partial charge in [-0.15, -0.1) is 11.6 Å². The second-order valence-corrected chi connectivity index (χ2v) is 7.98. The molecule has 12 heteroatoms. The van der Waals surface area contributed by atoms with Crippen LogP contribution in [-0.2, 0) is 15.8 Å². The smallest absolute Gasteiger partial charge is 0.354 e. The Kier molecular flexibility index (Phi) is 5.45. The molecule has 0 unspecified atom stereocenters. The first-order valence-electron chi connectivity index (χ1n) is 7.87. The molecule has 10 nitrogen and oxygen atoms in total. The number of nitrogens with one attached hydrogen (secondary N) is 1. The molecule has 1 saturated heterocycles. The van der Waals surface area contributed by atoms with Gasteiger partial charge in [-0.1, -0.05) is 0 Å².